The second-order valence-electron chi connectivity index (χ2n) is 3.30. The predicted octanol–water partition coefficient (Wildman–Crippen LogP) is 0.824. The molecule has 0 N–H and O–H groups in total. The van der Waals surface area contributed by atoms with Crippen LogP contribution in [0, 0.1) is 0 Å². The van der Waals surface area contributed by atoms with Crippen LogP contribution in [0.4, 0.5) is 0 Å². The third-order valence-electron chi connectivity index (χ3n) is 2.48. The second kappa shape index (κ2) is 2.51. The van der Waals surface area contributed by atoms with Crippen molar-refractivity contribution in [3.05, 3.63) is 52.2 Å². The number of hydrogen-bond donors (Lipinski definition) is 0. The van der Waals surface area contributed by atoms with Gasteiger partial charge in [0.2, 0.25) is 0 Å². The second-order valence-corrected chi connectivity index (χ2v) is 3.30. The molecule has 1 aromatic carbocycles. The first-order chi connectivity index (χ1) is 6.86. The van der Waals surface area contributed by atoms with Crippen LogP contribution in [-0.2, 0) is 0 Å². The summed E-state index contributed by atoms with van der Waals surface area (Å²) in [5.74, 6) is 0.0399. The molecular formula is C12H7NO. The molecule has 0 atom stereocenters. The summed E-state index contributed by atoms with van der Waals surface area (Å²) < 4.78 is 0. The maximum absolute atomic E-state index is 11.5. The van der Waals surface area contributed by atoms with E-state index in [0.29, 0.717) is 5.56 Å². The van der Waals surface area contributed by atoms with Gasteiger partial charge in [0, 0.05) is 23.1 Å². The SMILES string of the molecule is O=C1C=CN=c2c1ccc1c2=CC=C1. The quantitative estimate of drug-likeness (QED) is 0.582. The van der Waals surface area contributed by atoms with Crippen LogP contribution in [-0.4, -0.2) is 5.78 Å². The van der Waals surface area contributed by atoms with Crippen molar-refractivity contribution in [3.8, 4) is 0 Å². The van der Waals surface area contributed by atoms with E-state index >= 15 is 0 Å². The largest absolute Gasteiger partial charge is 0.289 e. The molecule has 14 heavy (non-hydrogen) atoms. The fourth-order valence-electron chi connectivity index (χ4n) is 1.80. The maximum Gasteiger partial charge on any atom is 0.189 e. The van der Waals surface area contributed by atoms with Crippen molar-refractivity contribution in [2.75, 3.05) is 0 Å². The molecule has 2 aliphatic rings. The molecule has 0 bridgehead atoms. The molecule has 0 amide bonds. The monoisotopic (exact) mass is 181 g/mol. The number of allylic oxidation sites excluding steroid dienone is 2. The lowest BCUT2D eigenvalue weighted by atomic mass is 10.0. The summed E-state index contributed by atoms with van der Waals surface area (Å²) in [6.45, 7) is 0. The Labute approximate surface area is 80.6 Å². The fraction of sp³-hybridized carbons (Fsp3) is 0. The van der Waals surface area contributed by atoms with Crippen LogP contribution in [0.15, 0.2) is 35.5 Å². The van der Waals surface area contributed by atoms with Gasteiger partial charge in [-0.15, -0.1) is 0 Å². The maximum atomic E-state index is 11.5. The van der Waals surface area contributed by atoms with E-state index in [0.717, 1.165) is 16.1 Å². The molecule has 0 unspecified atom stereocenters. The molecule has 0 aromatic heterocycles. The van der Waals surface area contributed by atoms with Gasteiger partial charge in [-0.1, -0.05) is 24.3 Å². The minimum Gasteiger partial charge on any atom is -0.289 e. The van der Waals surface area contributed by atoms with E-state index in [9.17, 15) is 4.79 Å². The molecule has 1 aliphatic carbocycles. The van der Waals surface area contributed by atoms with E-state index in [1.54, 1.807) is 6.20 Å². The van der Waals surface area contributed by atoms with Crippen LogP contribution in [0.2, 0.25) is 0 Å². The first kappa shape index (κ1) is 7.44. The van der Waals surface area contributed by atoms with Gasteiger partial charge in [-0.3, -0.25) is 9.79 Å². The van der Waals surface area contributed by atoms with Gasteiger partial charge in [-0.25, -0.2) is 0 Å². The number of rotatable bonds is 0. The van der Waals surface area contributed by atoms with Gasteiger partial charge in [0.05, 0.1) is 5.36 Å². The molecule has 2 heteroatoms. The van der Waals surface area contributed by atoms with Crippen molar-refractivity contribution in [1.29, 1.82) is 0 Å². The van der Waals surface area contributed by atoms with E-state index in [4.69, 9.17) is 0 Å². The van der Waals surface area contributed by atoms with Crippen LogP contribution in [0.3, 0.4) is 0 Å². The Hall–Kier alpha value is -1.96. The summed E-state index contributed by atoms with van der Waals surface area (Å²) in [6.07, 6.45) is 9.05. The summed E-state index contributed by atoms with van der Waals surface area (Å²) in [7, 11) is 0. The number of ketones is 1. The number of carbonyl (C=O) groups excluding carboxylic acids is 1. The molecule has 1 heterocycles. The standard InChI is InChI=1S/C12H7NO/c14-11-6-7-13-12-9-3-1-2-8(9)4-5-10(11)12/h1-7H. The molecule has 1 aromatic rings. The third-order valence-corrected chi connectivity index (χ3v) is 2.48. The first-order valence-electron chi connectivity index (χ1n) is 4.46. The van der Waals surface area contributed by atoms with Crippen molar-refractivity contribution in [1.82, 2.24) is 0 Å². The smallest absolute Gasteiger partial charge is 0.189 e. The molecule has 0 saturated heterocycles. The predicted molar refractivity (Wildman–Crippen MR) is 54.2 cm³/mol. The van der Waals surface area contributed by atoms with Crippen molar-refractivity contribution in [3.63, 3.8) is 0 Å². The third kappa shape index (κ3) is 0.852. The summed E-state index contributed by atoms with van der Waals surface area (Å²) in [6, 6.07) is 3.80. The van der Waals surface area contributed by atoms with Gasteiger partial charge in [-0.05, 0) is 11.6 Å². The molecule has 0 radical (unpaired) electrons. The summed E-state index contributed by atoms with van der Waals surface area (Å²) >= 11 is 0. The molecule has 1 aliphatic heterocycles. The summed E-state index contributed by atoms with van der Waals surface area (Å²) in [5, 5.41) is 1.86. The van der Waals surface area contributed by atoms with Gasteiger partial charge in [-0.2, -0.15) is 0 Å². The van der Waals surface area contributed by atoms with Crippen molar-refractivity contribution >= 4 is 17.9 Å². The van der Waals surface area contributed by atoms with Crippen molar-refractivity contribution in [2.24, 2.45) is 4.99 Å². The topological polar surface area (TPSA) is 29.4 Å². The molecule has 0 fully saturated rings. The highest BCUT2D eigenvalue weighted by atomic mass is 16.1. The Bertz CT molecular complexity index is 606. The van der Waals surface area contributed by atoms with Crippen LogP contribution in [0.1, 0.15) is 15.9 Å². The Morgan fingerprint density at radius 3 is 3.00 bits per heavy atom. The van der Waals surface area contributed by atoms with Crippen LogP contribution in [0.25, 0.3) is 12.2 Å². The Balaban J connectivity index is 2.53. The number of nitrogens with zero attached hydrogens (tertiary/aromatic N) is 1. The lowest BCUT2D eigenvalue weighted by molar-refractivity contribution is 0.104. The zero-order chi connectivity index (χ0) is 9.54. The van der Waals surface area contributed by atoms with Gasteiger partial charge < -0.3 is 0 Å². The van der Waals surface area contributed by atoms with Crippen LogP contribution < -0.4 is 10.6 Å². The molecule has 3 rings (SSSR count). The van der Waals surface area contributed by atoms with Gasteiger partial charge >= 0.3 is 0 Å². The minimum absolute atomic E-state index is 0.0399. The van der Waals surface area contributed by atoms with Gasteiger partial charge in [0.15, 0.2) is 5.78 Å². The Morgan fingerprint density at radius 2 is 2.07 bits per heavy atom. The van der Waals surface area contributed by atoms with E-state index < -0.39 is 0 Å². The number of carbonyl (C=O) groups is 1. The molecule has 0 saturated carbocycles. The molecule has 66 valence electrons. The molecule has 2 nitrogen and oxygen atoms in total. The molecule has 0 spiro atoms. The minimum atomic E-state index is 0.0399. The zero-order valence-corrected chi connectivity index (χ0v) is 7.40. The Kier molecular flexibility index (Phi) is 1.34. The number of fused-ring (bicyclic) bond motifs is 3. The van der Waals surface area contributed by atoms with Gasteiger partial charge in [0.1, 0.15) is 0 Å². The normalized spacial score (nSPS) is 15.9. The summed E-state index contributed by atoms with van der Waals surface area (Å²) in [5.41, 5.74) is 1.84. The lowest BCUT2D eigenvalue weighted by Crippen LogP contribution is -2.32. The molecular weight excluding hydrogens is 174 g/mol. The van der Waals surface area contributed by atoms with E-state index in [1.807, 2.05) is 30.4 Å². The fourth-order valence-corrected chi connectivity index (χ4v) is 1.80. The summed E-state index contributed by atoms with van der Waals surface area (Å²) in [4.78, 5) is 15.7. The van der Waals surface area contributed by atoms with Gasteiger partial charge in [0.25, 0.3) is 0 Å². The highest BCUT2D eigenvalue weighted by Crippen LogP contribution is 2.05. The number of hydrogen-bond acceptors (Lipinski definition) is 2. The highest BCUT2D eigenvalue weighted by molar-refractivity contribution is 6.05. The number of benzene rings is 1. The van der Waals surface area contributed by atoms with E-state index in [-0.39, 0.29) is 5.78 Å². The van der Waals surface area contributed by atoms with Crippen LogP contribution in [0.5, 0.6) is 0 Å². The first-order valence-corrected chi connectivity index (χ1v) is 4.46. The van der Waals surface area contributed by atoms with Crippen molar-refractivity contribution < 1.29 is 4.79 Å². The lowest BCUT2D eigenvalue weighted by Gasteiger charge is -2.02. The van der Waals surface area contributed by atoms with Crippen LogP contribution >= 0.6 is 0 Å². The zero-order valence-electron chi connectivity index (χ0n) is 7.40. The van der Waals surface area contributed by atoms with E-state index in [2.05, 4.69) is 4.99 Å². The average molecular weight is 181 g/mol. The average Bonchev–Trinajstić information content (AvgIpc) is 2.66. The van der Waals surface area contributed by atoms with Crippen molar-refractivity contribution in [2.45, 2.75) is 0 Å². The van der Waals surface area contributed by atoms with E-state index in [1.165, 1.54) is 6.08 Å². The highest BCUT2D eigenvalue weighted by Gasteiger charge is 2.11. The Morgan fingerprint density at radius 1 is 1.14 bits per heavy atom.